The fourth-order valence-electron chi connectivity index (χ4n) is 3.49. The zero-order valence-electron chi connectivity index (χ0n) is 16.9. The molecule has 0 spiro atoms. The molecule has 1 aromatic rings. The standard InChI is InChI=1S/C20H30N2O5/c1-12(2)9-17(24)22(10-15-7-6-8-27-15)11-16(23)18-13(3)19(20(25)26-5)21-14(18)4/h12,15,21H,6-11H2,1-5H3. The number of esters is 1. The first-order valence-corrected chi connectivity index (χ1v) is 9.44. The average Bonchev–Trinajstić information content (AvgIpc) is 3.20. The predicted molar refractivity (Wildman–Crippen MR) is 101 cm³/mol. The molecule has 1 aliphatic heterocycles. The number of nitrogens with one attached hydrogen (secondary N) is 1. The highest BCUT2D eigenvalue weighted by molar-refractivity contribution is 6.04. The van der Waals surface area contributed by atoms with Gasteiger partial charge in [0.2, 0.25) is 5.91 Å². The molecule has 1 saturated heterocycles. The Morgan fingerprint density at radius 1 is 1.30 bits per heavy atom. The summed E-state index contributed by atoms with van der Waals surface area (Å²) in [4.78, 5) is 42.0. The van der Waals surface area contributed by atoms with Crippen molar-refractivity contribution in [3.63, 3.8) is 0 Å². The molecular formula is C20H30N2O5. The van der Waals surface area contributed by atoms with Crippen LogP contribution in [0.5, 0.6) is 0 Å². The number of carbonyl (C=O) groups excluding carboxylic acids is 3. The Morgan fingerprint density at radius 3 is 2.56 bits per heavy atom. The summed E-state index contributed by atoms with van der Waals surface area (Å²) in [5, 5.41) is 0. The average molecular weight is 378 g/mol. The van der Waals surface area contributed by atoms with Crippen molar-refractivity contribution >= 4 is 17.7 Å². The van der Waals surface area contributed by atoms with E-state index < -0.39 is 5.97 Å². The molecule has 0 saturated carbocycles. The highest BCUT2D eigenvalue weighted by Crippen LogP contribution is 2.21. The van der Waals surface area contributed by atoms with Crippen molar-refractivity contribution in [2.75, 3.05) is 26.8 Å². The number of methoxy groups -OCH3 is 1. The summed E-state index contributed by atoms with van der Waals surface area (Å²) in [7, 11) is 1.30. The van der Waals surface area contributed by atoms with Gasteiger partial charge in [-0.2, -0.15) is 0 Å². The quantitative estimate of drug-likeness (QED) is 0.555. The summed E-state index contributed by atoms with van der Waals surface area (Å²) in [5.41, 5.74) is 1.88. The molecule has 1 aliphatic rings. The highest BCUT2D eigenvalue weighted by atomic mass is 16.5. The minimum absolute atomic E-state index is 0.0204. The number of aryl methyl sites for hydroxylation is 1. The zero-order chi connectivity index (χ0) is 20.1. The van der Waals surface area contributed by atoms with Gasteiger partial charge in [-0.3, -0.25) is 9.59 Å². The van der Waals surface area contributed by atoms with Gasteiger partial charge >= 0.3 is 5.97 Å². The predicted octanol–water partition coefficient (Wildman–Crippen LogP) is 2.65. The number of ether oxygens (including phenoxy) is 2. The first-order valence-electron chi connectivity index (χ1n) is 9.44. The maximum absolute atomic E-state index is 13.0. The molecule has 1 N–H and O–H groups in total. The Hall–Kier alpha value is -2.15. The molecule has 0 aliphatic carbocycles. The van der Waals surface area contributed by atoms with Crippen LogP contribution in [0.3, 0.4) is 0 Å². The summed E-state index contributed by atoms with van der Waals surface area (Å²) < 4.78 is 10.4. The molecule has 0 bridgehead atoms. The lowest BCUT2D eigenvalue weighted by atomic mass is 10.0. The second-order valence-corrected chi connectivity index (χ2v) is 7.55. The van der Waals surface area contributed by atoms with Crippen LogP contribution >= 0.6 is 0 Å². The number of amides is 1. The van der Waals surface area contributed by atoms with E-state index in [2.05, 4.69) is 4.98 Å². The Bertz CT molecular complexity index is 701. The van der Waals surface area contributed by atoms with Crippen LogP contribution in [0, 0.1) is 19.8 Å². The lowest BCUT2D eigenvalue weighted by Gasteiger charge is -2.26. The maximum atomic E-state index is 13.0. The third-order valence-electron chi connectivity index (χ3n) is 4.82. The molecule has 1 aromatic heterocycles. The largest absolute Gasteiger partial charge is 0.464 e. The molecule has 1 fully saturated rings. The number of aromatic amines is 1. The van der Waals surface area contributed by atoms with Gasteiger partial charge in [0.1, 0.15) is 5.69 Å². The number of aromatic nitrogens is 1. The van der Waals surface area contributed by atoms with Gasteiger partial charge in [-0.05, 0) is 38.2 Å². The Kier molecular flexibility index (Phi) is 7.18. The molecule has 150 valence electrons. The van der Waals surface area contributed by atoms with Crippen LogP contribution in [-0.4, -0.2) is 60.5 Å². The molecule has 2 rings (SSSR count). The van der Waals surface area contributed by atoms with E-state index in [1.165, 1.54) is 7.11 Å². The van der Waals surface area contributed by atoms with Crippen LogP contribution in [-0.2, 0) is 14.3 Å². The summed E-state index contributed by atoms with van der Waals surface area (Å²) in [6.07, 6.45) is 2.24. The number of hydrogen-bond donors (Lipinski definition) is 1. The van der Waals surface area contributed by atoms with Gasteiger partial charge in [0.25, 0.3) is 0 Å². The van der Waals surface area contributed by atoms with Gasteiger partial charge in [0.15, 0.2) is 5.78 Å². The normalized spacial score (nSPS) is 16.6. The maximum Gasteiger partial charge on any atom is 0.354 e. The second kappa shape index (κ2) is 9.17. The topological polar surface area (TPSA) is 88.7 Å². The van der Waals surface area contributed by atoms with Crippen LogP contribution in [0.25, 0.3) is 0 Å². The molecule has 7 nitrogen and oxygen atoms in total. The molecule has 7 heteroatoms. The van der Waals surface area contributed by atoms with E-state index in [4.69, 9.17) is 9.47 Å². The fourth-order valence-corrected chi connectivity index (χ4v) is 3.49. The Labute approximate surface area is 160 Å². The number of ketones is 1. The van der Waals surface area contributed by atoms with E-state index >= 15 is 0 Å². The van der Waals surface area contributed by atoms with Gasteiger partial charge in [-0.25, -0.2) is 4.79 Å². The third-order valence-corrected chi connectivity index (χ3v) is 4.82. The number of hydrogen-bond acceptors (Lipinski definition) is 5. The summed E-state index contributed by atoms with van der Waals surface area (Å²) in [6.45, 7) is 8.51. The number of H-pyrrole nitrogens is 1. The van der Waals surface area contributed by atoms with Crippen molar-refractivity contribution in [1.29, 1.82) is 0 Å². The molecule has 27 heavy (non-hydrogen) atoms. The Morgan fingerprint density at radius 2 is 2.00 bits per heavy atom. The van der Waals surface area contributed by atoms with Crippen LogP contribution in [0.2, 0.25) is 0 Å². The SMILES string of the molecule is COC(=O)c1[nH]c(C)c(C(=O)CN(CC2CCCO2)C(=O)CC(C)C)c1C. The van der Waals surface area contributed by atoms with E-state index in [9.17, 15) is 14.4 Å². The lowest BCUT2D eigenvalue weighted by molar-refractivity contribution is -0.133. The fraction of sp³-hybridized carbons (Fsp3) is 0.650. The van der Waals surface area contributed by atoms with Crippen LogP contribution in [0.15, 0.2) is 0 Å². The zero-order valence-corrected chi connectivity index (χ0v) is 16.9. The van der Waals surface area contributed by atoms with Crippen molar-refractivity contribution in [3.05, 3.63) is 22.5 Å². The van der Waals surface area contributed by atoms with Gasteiger partial charge in [-0.1, -0.05) is 13.8 Å². The van der Waals surface area contributed by atoms with Crippen molar-refractivity contribution in [1.82, 2.24) is 9.88 Å². The molecule has 1 unspecified atom stereocenters. The molecule has 2 heterocycles. The summed E-state index contributed by atoms with van der Waals surface area (Å²) >= 11 is 0. The van der Waals surface area contributed by atoms with Gasteiger partial charge in [0, 0.05) is 30.8 Å². The molecular weight excluding hydrogens is 348 g/mol. The summed E-state index contributed by atoms with van der Waals surface area (Å²) in [6, 6.07) is 0. The minimum atomic E-state index is -0.512. The summed E-state index contributed by atoms with van der Waals surface area (Å²) in [5.74, 6) is -0.539. The Balaban J connectivity index is 2.20. The van der Waals surface area contributed by atoms with Crippen molar-refractivity contribution in [2.24, 2.45) is 5.92 Å². The van der Waals surface area contributed by atoms with Crippen molar-refractivity contribution in [2.45, 2.75) is 53.1 Å². The van der Waals surface area contributed by atoms with E-state index in [0.717, 1.165) is 12.8 Å². The number of carbonyl (C=O) groups is 3. The van der Waals surface area contributed by atoms with Crippen LogP contribution in [0.1, 0.15) is 65.2 Å². The van der Waals surface area contributed by atoms with E-state index in [1.54, 1.807) is 18.7 Å². The van der Waals surface area contributed by atoms with Gasteiger partial charge < -0.3 is 19.4 Å². The monoisotopic (exact) mass is 378 g/mol. The van der Waals surface area contributed by atoms with E-state index in [0.29, 0.717) is 36.4 Å². The molecule has 1 atom stereocenters. The van der Waals surface area contributed by atoms with Crippen molar-refractivity contribution in [3.8, 4) is 0 Å². The number of Topliss-reactive ketones (excluding diaryl/α,β-unsaturated/α-hetero) is 1. The molecule has 0 aromatic carbocycles. The van der Waals surface area contributed by atoms with E-state index in [-0.39, 0.29) is 36.0 Å². The first-order chi connectivity index (χ1) is 12.7. The van der Waals surface area contributed by atoms with Gasteiger partial charge in [-0.15, -0.1) is 0 Å². The smallest absolute Gasteiger partial charge is 0.354 e. The highest BCUT2D eigenvalue weighted by Gasteiger charge is 2.28. The van der Waals surface area contributed by atoms with Crippen LogP contribution < -0.4 is 0 Å². The van der Waals surface area contributed by atoms with E-state index in [1.807, 2.05) is 13.8 Å². The third kappa shape index (κ3) is 5.19. The van der Waals surface area contributed by atoms with Crippen LogP contribution in [0.4, 0.5) is 0 Å². The van der Waals surface area contributed by atoms with Crippen molar-refractivity contribution < 1.29 is 23.9 Å². The second-order valence-electron chi connectivity index (χ2n) is 7.55. The lowest BCUT2D eigenvalue weighted by Crippen LogP contribution is -2.41. The molecule has 0 radical (unpaired) electrons. The number of rotatable bonds is 8. The minimum Gasteiger partial charge on any atom is -0.464 e. The first kappa shape index (κ1) is 21.2. The van der Waals surface area contributed by atoms with Gasteiger partial charge in [0.05, 0.1) is 19.8 Å². The molecule has 1 amide bonds. The number of nitrogens with zero attached hydrogens (tertiary/aromatic N) is 1.